The molecular formula is C19H20FN3O3S. The zero-order valence-electron chi connectivity index (χ0n) is 14.6. The summed E-state index contributed by atoms with van der Waals surface area (Å²) in [5, 5.41) is 3.39. The molecule has 2 aromatic carbocycles. The van der Waals surface area contributed by atoms with Gasteiger partial charge in [-0.25, -0.2) is 4.39 Å². The number of rotatable bonds is 1. The molecule has 0 bridgehead atoms. The van der Waals surface area contributed by atoms with Crippen LogP contribution in [0, 0.1) is 5.82 Å². The highest BCUT2D eigenvalue weighted by Crippen LogP contribution is 2.35. The second-order valence-corrected chi connectivity index (χ2v) is 8.73. The van der Waals surface area contributed by atoms with E-state index in [1.165, 1.54) is 12.1 Å². The number of anilines is 1. The summed E-state index contributed by atoms with van der Waals surface area (Å²) in [5.74, 6) is -0.866. The van der Waals surface area contributed by atoms with Gasteiger partial charge in [0.25, 0.3) is 5.91 Å². The first kappa shape index (κ1) is 18.1. The molecule has 4 rings (SSSR count). The number of hydrogen-bond acceptors (Lipinski definition) is 4. The maximum absolute atomic E-state index is 13.9. The van der Waals surface area contributed by atoms with Crippen LogP contribution >= 0.6 is 0 Å². The van der Waals surface area contributed by atoms with Gasteiger partial charge in [0, 0.05) is 13.1 Å². The van der Waals surface area contributed by atoms with E-state index in [9.17, 15) is 17.9 Å². The summed E-state index contributed by atoms with van der Waals surface area (Å²) in [6.45, 7) is 1.08. The number of sulfonamides is 1. The molecule has 27 heavy (non-hydrogen) atoms. The van der Waals surface area contributed by atoms with Gasteiger partial charge in [0.1, 0.15) is 5.82 Å². The van der Waals surface area contributed by atoms with Crippen LogP contribution in [0.15, 0.2) is 53.4 Å². The van der Waals surface area contributed by atoms with Crippen LogP contribution in [0.3, 0.4) is 0 Å². The maximum Gasteiger partial charge on any atom is 0.256 e. The van der Waals surface area contributed by atoms with Crippen molar-refractivity contribution < 1.29 is 17.9 Å². The Labute approximate surface area is 158 Å². The lowest BCUT2D eigenvalue weighted by Crippen LogP contribution is -2.55. The number of nitrogens with one attached hydrogen (secondary N) is 2. The number of carbonyl (C=O) groups excluding carboxylic acids is 1. The van der Waals surface area contributed by atoms with Crippen LogP contribution < -0.4 is 10.0 Å². The van der Waals surface area contributed by atoms with Gasteiger partial charge >= 0.3 is 0 Å². The average molecular weight is 389 g/mol. The molecule has 1 amide bonds. The van der Waals surface area contributed by atoms with Crippen LogP contribution in [0.1, 0.15) is 23.2 Å². The van der Waals surface area contributed by atoms with Crippen molar-refractivity contribution in [2.24, 2.45) is 0 Å². The Morgan fingerprint density at radius 1 is 1.11 bits per heavy atom. The summed E-state index contributed by atoms with van der Waals surface area (Å²) in [6, 6.07) is 12.7. The van der Waals surface area contributed by atoms with Crippen molar-refractivity contribution in [2.45, 2.75) is 23.3 Å². The monoisotopic (exact) mass is 389 g/mol. The SMILES string of the molecule is O=C(c1ccccc1F)N1CCC2(CC1)CN[S+](=O)([O-])c1ccccc1N2. The standard InChI is InChI=1S/C19H20FN3O3S/c20-15-6-2-1-5-14(15)18(24)23-11-9-19(10-12-23)13-21-27(25,26)17-8-4-3-7-16(17)22-19/h1-8H,9-13H2,(H2-,21,22,25,26). The second kappa shape index (κ2) is 6.70. The molecule has 0 radical (unpaired) electrons. The molecule has 2 aliphatic rings. The minimum Gasteiger partial charge on any atom is -0.593 e. The van der Waals surface area contributed by atoms with Gasteiger partial charge < -0.3 is 14.8 Å². The van der Waals surface area contributed by atoms with Gasteiger partial charge in [-0.2, -0.15) is 0 Å². The normalized spacial score (nSPS) is 24.0. The highest BCUT2D eigenvalue weighted by Gasteiger charge is 2.42. The number of nitrogens with zero attached hydrogens (tertiary/aromatic N) is 1. The van der Waals surface area contributed by atoms with E-state index in [-0.39, 0.29) is 22.9 Å². The number of para-hydroxylation sites is 1. The molecule has 1 spiro atoms. The largest absolute Gasteiger partial charge is 0.593 e. The molecule has 2 aromatic rings. The minimum absolute atomic E-state index is 0.0633. The molecule has 0 aromatic heterocycles. The molecule has 0 saturated carbocycles. The molecule has 1 fully saturated rings. The quantitative estimate of drug-likeness (QED) is 0.734. The Morgan fingerprint density at radius 2 is 1.78 bits per heavy atom. The minimum atomic E-state index is -3.57. The van der Waals surface area contributed by atoms with Gasteiger partial charge in [-0.15, -0.1) is 4.72 Å². The molecule has 8 heteroatoms. The van der Waals surface area contributed by atoms with E-state index in [0.29, 0.717) is 31.6 Å². The Bertz CT molecular complexity index is 928. The lowest BCUT2D eigenvalue weighted by molar-refractivity contribution is 0.0679. The highest BCUT2D eigenvalue weighted by atomic mass is 32.3. The summed E-state index contributed by atoms with van der Waals surface area (Å²) >= 11 is 0. The molecule has 2 N–H and O–H groups in total. The number of likely N-dealkylation sites (tertiary alicyclic amines) is 1. The van der Waals surface area contributed by atoms with Crippen molar-refractivity contribution in [3.63, 3.8) is 0 Å². The molecule has 1 unspecified atom stereocenters. The number of amides is 1. The molecule has 2 aliphatic heterocycles. The van der Waals surface area contributed by atoms with Crippen molar-refractivity contribution in [1.29, 1.82) is 0 Å². The fourth-order valence-corrected chi connectivity index (χ4v) is 4.98. The third-order valence-electron chi connectivity index (χ3n) is 5.29. The first-order valence-corrected chi connectivity index (χ1v) is 10.3. The van der Waals surface area contributed by atoms with Crippen molar-refractivity contribution >= 4 is 22.0 Å². The zero-order valence-corrected chi connectivity index (χ0v) is 15.4. The number of hydrogen-bond donors (Lipinski definition) is 2. The Morgan fingerprint density at radius 3 is 2.52 bits per heavy atom. The van der Waals surface area contributed by atoms with Crippen LogP contribution in [0.4, 0.5) is 10.1 Å². The topological polar surface area (TPSA) is 84.5 Å². The summed E-state index contributed by atoms with van der Waals surface area (Å²) in [6.07, 6.45) is 1.12. The van der Waals surface area contributed by atoms with E-state index < -0.39 is 21.8 Å². The molecule has 0 aliphatic carbocycles. The van der Waals surface area contributed by atoms with Crippen LogP contribution in [-0.4, -0.2) is 40.5 Å². The van der Waals surface area contributed by atoms with Crippen LogP contribution in [0.25, 0.3) is 0 Å². The second-order valence-electron chi connectivity index (χ2n) is 7.00. The predicted octanol–water partition coefficient (Wildman–Crippen LogP) is 2.42. The van der Waals surface area contributed by atoms with Gasteiger partial charge in [0.15, 0.2) is 15.3 Å². The fraction of sp³-hybridized carbons (Fsp3) is 0.316. The maximum atomic E-state index is 13.9. The molecule has 1 atom stereocenters. The van der Waals surface area contributed by atoms with Crippen LogP contribution in [0.2, 0.25) is 0 Å². The lowest BCUT2D eigenvalue weighted by Gasteiger charge is -2.41. The molecular weight excluding hydrogens is 369 g/mol. The lowest BCUT2D eigenvalue weighted by atomic mass is 9.87. The number of piperidine rings is 1. The van der Waals surface area contributed by atoms with Crippen molar-refractivity contribution in [3.05, 3.63) is 59.9 Å². The Hall–Kier alpha value is -2.29. The van der Waals surface area contributed by atoms with E-state index in [4.69, 9.17) is 0 Å². The summed E-state index contributed by atoms with van der Waals surface area (Å²) in [4.78, 5) is 14.5. The van der Waals surface area contributed by atoms with Crippen LogP contribution in [0.5, 0.6) is 0 Å². The van der Waals surface area contributed by atoms with Gasteiger partial charge in [-0.3, -0.25) is 4.79 Å². The van der Waals surface area contributed by atoms with E-state index in [2.05, 4.69) is 10.0 Å². The van der Waals surface area contributed by atoms with Gasteiger partial charge in [0.2, 0.25) is 0 Å². The average Bonchev–Trinajstić information content (AvgIpc) is 2.77. The van der Waals surface area contributed by atoms with E-state index in [1.54, 1.807) is 41.3 Å². The summed E-state index contributed by atoms with van der Waals surface area (Å²) < 4.78 is 41.5. The molecule has 2 heterocycles. The molecule has 142 valence electrons. The smallest absolute Gasteiger partial charge is 0.256 e. The zero-order chi connectivity index (χ0) is 19.1. The van der Waals surface area contributed by atoms with Gasteiger partial charge in [-0.1, -0.05) is 28.5 Å². The third-order valence-corrected chi connectivity index (χ3v) is 6.75. The Balaban J connectivity index is 1.53. The fourth-order valence-electron chi connectivity index (χ4n) is 3.69. The summed E-state index contributed by atoms with van der Waals surface area (Å²) in [7, 11) is -3.57. The van der Waals surface area contributed by atoms with Crippen molar-refractivity contribution in [2.75, 3.05) is 25.0 Å². The van der Waals surface area contributed by atoms with E-state index >= 15 is 0 Å². The summed E-state index contributed by atoms with van der Waals surface area (Å²) in [5.41, 5.74) is 0.149. The number of benzene rings is 2. The number of fused-ring (bicyclic) bond motifs is 1. The highest BCUT2D eigenvalue weighted by molar-refractivity contribution is 7.96. The predicted molar refractivity (Wildman–Crippen MR) is 99.4 cm³/mol. The molecule has 1 saturated heterocycles. The Kier molecular flexibility index (Phi) is 4.49. The van der Waals surface area contributed by atoms with Crippen molar-refractivity contribution in [3.8, 4) is 0 Å². The number of halogens is 1. The molecule has 6 nitrogen and oxygen atoms in total. The van der Waals surface area contributed by atoms with Gasteiger partial charge in [0.05, 0.1) is 23.3 Å². The van der Waals surface area contributed by atoms with E-state index in [1.807, 2.05) is 0 Å². The van der Waals surface area contributed by atoms with E-state index in [0.717, 1.165) is 0 Å². The first-order valence-electron chi connectivity index (χ1n) is 8.81. The first-order chi connectivity index (χ1) is 12.9. The van der Waals surface area contributed by atoms with Crippen molar-refractivity contribution in [1.82, 2.24) is 9.62 Å². The van der Waals surface area contributed by atoms with Crippen LogP contribution in [-0.2, 0) is 14.6 Å². The van der Waals surface area contributed by atoms with Gasteiger partial charge in [-0.05, 0) is 37.1 Å². The number of carbonyl (C=O) groups is 1. The third kappa shape index (κ3) is 3.36.